The first-order valence-corrected chi connectivity index (χ1v) is 19.3. The lowest BCUT2D eigenvalue weighted by Crippen LogP contribution is -2.49. The van der Waals surface area contributed by atoms with Crippen molar-refractivity contribution in [3.63, 3.8) is 0 Å². The van der Waals surface area contributed by atoms with Gasteiger partial charge in [-0.3, -0.25) is 9.36 Å². The Bertz CT molecular complexity index is 2110. The van der Waals surface area contributed by atoms with Crippen LogP contribution in [0, 0.1) is 6.92 Å². The monoisotopic (exact) mass is 755 g/mol. The molecule has 0 aliphatic carbocycles. The Morgan fingerprint density at radius 3 is 2.08 bits per heavy atom. The zero-order chi connectivity index (χ0) is 37.2. The third kappa shape index (κ3) is 7.05. The van der Waals surface area contributed by atoms with Gasteiger partial charge in [0.1, 0.15) is 40.7 Å². The van der Waals surface area contributed by atoms with Gasteiger partial charge in [-0.05, 0) is 71.8 Å². The van der Waals surface area contributed by atoms with Gasteiger partial charge in [0.2, 0.25) is 0 Å². The molecule has 12 nitrogen and oxygen atoms in total. The third-order valence-electron chi connectivity index (χ3n) is 9.58. The van der Waals surface area contributed by atoms with Crippen molar-refractivity contribution in [2.24, 2.45) is 0 Å². The number of aryl methyl sites for hydroxylation is 1. The maximum Gasteiger partial charge on any atom is 0.351 e. The topological polar surface area (TPSA) is 140 Å². The molecule has 274 valence electrons. The van der Waals surface area contributed by atoms with E-state index in [2.05, 4.69) is 10.3 Å². The molecule has 7 rings (SSSR count). The van der Waals surface area contributed by atoms with Gasteiger partial charge in [0, 0.05) is 17.3 Å². The minimum absolute atomic E-state index is 0.0335. The molecule has 2 bridgehead atoms. The lowest BCUT2D eigenvalue weighted by atomic mass is 9.79. The zero-order valence-corrected chi connectivity index (χ0v) is 30.9. The van der Waals surface area contributed by atoms with E-state index in [4.69, 9.17) is 40.0 Å². The predicted octanol–water partition coefficient (Wildman–Crippen LogP) is 5.38. The van der Waals surface area contributed by atoms with Gasteiger partial charge in [-0.25, -0.2) is 4.79 Å². The van der Waals surface area contributed by atoms with E-state index in [-0.39, 0.29) is 19.0 Å². The van der Waals surface area contributed by atoms with E-state index in [0.29, 0.717) is 22.6 Å². The van der Waals surface area contributed by atoms with Crippen LogP contribution >= 0.6 is 7.15 Å². The highest BCUT2D eigenvalue weighted by molar-refractivity contribution is 8.00. The van der Waals surface area contributed by atoms with E-state index < -0.39 is 48.4 Å². The molecule has 2 fully saturated rings. The van der Waals surface area contributed by atoms with Crippen molar-refractivity contribution in [1.29, 1.82) is 0 Å². The number of carbonyl (C=O) groups excluding carboxylic acids is 1. The second kappa shape index (κ2) is 15.3. The lowest BCUT2D eigenvalue weighted by molar-refractivity contribution is -0.203. The van der Waals surface area contributed by atoms with Crippen LogP contribution < -0.4 is 20.5 Å². The van der Waals surface area contributed by atoms with Crippen LogP contribution in [0.25, 0.3) is 0 Å². The molecule has 2 aliphatic rings. The number of aromatic nitrogens is 2. The molecule has 5 atom stereocenters. The summed E-state index contributed by atoms with van der Waals surface area (Å²) in [5.41, 5.74) is 0.172. The van der Waals surface area contributed by atoms with E-state index in [1.54, 1.807) is 57.7 Å². The second-order valence-electron chi connectivity index (χ2n) is 12.7. The molecule has 2 saturated heterocycles. The summed E-state index contributed by atoms with van der Waals surface area (Å²) < 4.78 is 38.4. The van der Waals surface area contributed by atoms with Gasteiger partial charge < -0.3 is 38.4 Å². The van der Waals surface area contributed by atoms with Gasteiger partial charge in [-0.2, -0.15) is 4.98 Å². The molecule has 5 aromatic rings. The number of methoxy groups -OCH3 is 2. The number of benzene rings is 4. The first-order chi connectivity index (χ1) is 25.7. The molecule has 4 aromatic carbocycles. The van der Waals surface area contributed by atoms with Gasteiger partial charge >= 0.3 is 5.69 Å². The summed E-state index contributed by atoms with van der Waals surface area (Å²) in [4.78, 5) is 41.1. The van der Waals surface area contributed by atoms with Gasteiger partial charge in [-0.1, -0.05) is 72.8 Å². The molecular formula is C39H38N3O9PS. The number of nitrogens with one attached hydrogen (secondary N) is 1. The van der Waals surface area contributed by atoms with Crippen molar-refractivity contribution in [2.75, 3.05) is 32.8 Å². The van der Waals surface area contributed by atoms with Crippen molar-refractivity contribution in [1.82, 2.24) is 9.55 Å². The summed E-state index contributed by atoms with van der Waals surface area (Å²) in [5.74, 6) is 1.07. The summed E-state index contributed by atoms with van der Waals surface area (Å²) in [7, 11) is 0.531. The van der Waals surface area contributed by atoms with Crippen LogP contribution in [0.3, 0.4) is 0 Å². The Kier molecular flexibility index (Phi) is 10.6. The number of nitrogens with zero attached hydrogens (tertiary/aromatic N) is 2. The number of rotatable bonds is 13. The highest BCUT2D eigenvalue weighted by Gasteiger charge is 2.64. The van der Waals surface area contributed by atoms with E-state index in [9.17, 15) is 14.5 Å². The van der Waals surface area contributed by atoms with Crippen molar-refractivity contribution in [2.45, 2.75) is 36.6 Å². The van der Waals surface area contributed by atoms with Crippen LogP contribution in [0.15, 0.2) is 120 Å². The van der Waals surface area contributed by atoms with Crippen molar-refractivity contribution >= 4 is 30.7 Å². The summed E-state index contributed by atoms with van der Waals surface area (Å²) >= 11 is 5.17. The molecule has 0 saturated carbocycles. The Balaban J connectivity index is 1.27. The maximum atomic E-state index is 13.6. The van der Waals surface area contributed by atoms with E-state index in [0.717, 1.165) is 16.7 Å². The fourth-order valence-corrected chi connectivity index (χ4v) is 7.83. The molecule has 0 radical (unpaired) electrons. The summed E-state index contributed by atoms with van der Waals surface area (Å²) in [6.45, 7) is 1.65. The van der Waals surface area contributed by atoms with Gasteiger partial charge in [0.05, 0.1) is 27.4 Å². The van der Waals surface area contributed by atoms with Crippen LogP contribution in [0.2, 0.25) is 0 Å². The van der Waals surface area contributed by atoms with Crippen LogP contribution in [-0.2, 0) is 36.1 Å². The molecule has 2 N–H and O–H groups in total. The Hall–Kier alpha value is -4.72. The summed E-state index contributed by atoms with van der Waals surface area (Å²) in [5, 5.41) is 2.72. The minimum atomic E-state index is -2.68. The standard InChI is InChI=1S/C39H38N3O9PS/c1-25-22-42(37(44)41-34(25)40-35(43)26-10-6-4-7-11-26)36-32-33(51-52(45)53)38(50-36,23-48-32)24-49-39(27-12-8-5-9-13-27,28-14-18-30(46-2)19-15-28)29-16-20-31(47-3)21-17-29/h4-22,32-33,36,52H,23-24H2,1-3H3,(H,45,53)(H,40,41,43,44)/t32?,33?,36-,38-/m1/s1. The zero-order valence-electron chi connectivity index (χ0n) is 29.1. The number of ether oxygens (including phenoxy) is 5. The lowest BCUT2D eigenvalue weighted by Gasteiger charge is -2.40. The number of anilines is 1. The molecule has 53 heavy (non-hydrogen) atoms. The molecule has 14 heteroatoms. The van der Waals surface area contributed by atoms with E-state index in [1.807, 2.05) is 78.9 Å². The van der Waals surface area contributed by atoms with Crippen molar-refractivity contribution in [3.05, 3.63) is 154 Å². The minimum Gasteiger partial charge on any atom is -0.497 e. The number of hydrogen-bond donors (Lipinski definition) is 2. The molecule has 3 unspecified atom stereocenters. The maximum absolute atomic E-state index is 13.6. The molecule has 2 aliphatic heterocycles. The average Bonchev–Trinajstić information content (AvgIpc) is 3.68. The van der Waals surface area contributed by atoms with Crippen molar-refractivity contribution < 1.29 is 37.9 Å². The summed E-state index contributed by atoms with van der Waals surface area (Å²) in [6.07, 6.45) is -1.20. The number of hydrogen-bond acceptors (Lipinski definition) is 10. The fraction of sp³-hybridized carbons (Fsp3) is 0.256. The Morgan fingerprint density at radius 1 is 0.943 bits per heavy atom. The summed E-state index contributed by atoms with van der Waals surface area (Å²) in [6, 6.07) is 33.6. The SMILES string of the molecule is COc1ccc(C(OC[C@]23COC(C2O[PH](O)=S)[C@H](n2cc(C)c(NC(=O)c4ccccc4)nc2=O)O3)(c2ccccc2)c2ccc(OC)cc2)cc1. The van der Waals surface area contributed by atoms with Crippen LogP contribution in [-0.4, -0.2) is 65.6 Å². The number of carbonyl (C=O) groups is 1. The first-order valence-electron chi connectivity index (χ1n) is 16.8. The quantitative estimate of drug-likeness (QED) is 0.118. The highest BCUT2D eigenvalue weighted by atomic mass is 32.4. The Labute approximate surface area is 311 Å². The van der Waals surface area contributed by atoms with Crippen LogP contribution in [0.5, 0.6) is 11.5 Å². The highest BCUT2D eigenvalue weighted by Crippen LogP contribution is 2.51. The average molecular weight is 756 g/mol. The van der Waals surface area contributed by atoms with Crippen molar-refractivity contribution in [3.8, 4) is 11.5 Å². The Morgan fingerprint density at radius 2 is 1.51 bits per heavy atom. The fourth-order valence-electron chi connectivity index (χ4n) is 6.95. The van der Waals surface area contributed by atoms with Crippen LogP contribution in [0.4, 0.5) is 5.82 Å². The van der Waals surface area contributed by atoms with E-state index in [1.165, 1.54) is 4.57 Å². The largest absolute Gasteiger partial charge is 0.497 e. The smallest absolute Gasteiger partial charge is 0.351 e. The third-order valence-corrected chi connectivity index (χ3v) is 10.3. The predicted molar refractivity (Wildman–Crippen MR) is 201 cm³/mol. The van der Waals surface area contributed by atoms with Gasteiger partial charge in [0.25, 0.3) is 5.91 Å². The number of fused-ring (bicyclic) bond motifs is 2. The van der Waals surface area contributed by atoms with Crippen LogP contribution in [0.1, 0.15) is 38.8 Å². The molecular weight excluding hydrogens is 717 g/mol. The molecule has 0 spiro atoms. The normalized spacial score (nSPS) is 21.2. The number of amides is 1. The second-order valence-corrected chi connectivity index (χ2v) is 14.5. The van der Waals surface area contributed by atoms with Gasteiger partial charge in [0.15, 0.2) is 13.4 Å². The van der Waals surface area contributed by atoms with E-state index >= 15 is 0 Å². The molecule has 1 aromatic heterocycles. The van der Waals surface area contributed by atoms with Gasteiger partial charge in [-0.15, -0.1) is 0 Å². The molecule has 3 heterocycles. The molecule has 1 amide bonds. The first kappa shape index (κ1) is 36.6.